The fourth-order valence-electron chi connectivity index (χ4n) is 3.97. The second kappa shape index (κ2) is 7.84. The first-order valence-corrected chi connectivity index (χ1v) is 11.9. The Morgan fingerprint density at radius 1 is 1.09 bits per heavy atom. The topological polar surface area (TPSA) is 94.1 Å². The van der Waals surface area contributed by atoms with Gasteiger partial charge in [-0.15, -0.1) is 0 Å². The number of benzene rings is 2. The van der Waals surface area contributed by atoms with Gasteiger partial charge < -0.3 is 4.52 Å². The molecule has 2 aromatic heterocycles. The van der Waals surface area contributed by atoms with Crippen molar-refractivity contribution in [3.05, 3.63) is 70.4 Å². The maximum Gasteiger partial charge on any atom is 0.279 e. The third-order valence-corrected chi connectivity index (χ3v) is 8.10. The number of aryl methyl sites for hydroxylation is 1. The zero-order chi connectivity index (χ0) is 22.5. The summed E-state index contributed by atoms with van der Waals surface area (Å²) >= 11 is 6.18. The minimum atomic E-state index is -3.74. The number of aromatic nitrogens is 4. The van der Waals surface area contributed by atoms with E-state index in [1.165, 1.54) is 4.31 Å². The highest BCUT2D eigenvalue weighted by Crippen LogP contribution is 2.33. The lowest BCUT2D eigenvalue weighted by Gasteiger charge is -2.27. The fourth-order valence-corrected chi connectivity index (χ4v) is 5.86. The predicted molar refractivity (Wildman–Crippen MR) is 119 cm³/mol. The molecule has 0 amide bonds. The predicted octanol–water partition coefficient (Wildman–Crippen LogP) is 3.85. The first kappa shape index (κ1) is 20.9. The molecule has 0 saturated heterocycles. The summed E-state index contributed by atoms with van der Waals surface area (Å²) in [5.41, 5.74) is 3.59. The number of rotatable bonds is 4. The van der Waals surface area contributed by atoms with Crippen molar-refractivity contribution in [3.8, 4) is 23.0 Å². The summed E-state index contributed by atoms with van der Waals surface area (Å²) in [6.07, 6.45) is 0.525. The van der Waals surface area contributed by atoms with Gasteiger partial charge in [0.1, 0.15) is 0 Å². The SMILES string of the molecule is Cc1c(Cl)cccc1S(=O)(=O)N1CCc2c(c(-c3nc(-c4ccccc4)no3)nn2C)C1. The van der Waals surface area contributed by atoms with Crippen LogP contribution in [-0.4, -0.2) is 39.2 Å². The molecule has 0 spiro atoms. The molecule has 0 saturated carbocycles. The van der Waals surface area contributed by atoms with Crippen LogP contribution in [0, 0.1) is 6.92 Å². The summed E-state index contributed by atoms with van der Waals surface area (Å²) in [6.45, 7) is 2.22. The van der Waals surface area contributed by atoms with Gasteiger partial charge in [-0.05, 0) is 24.6 Å². The third-order valence-electron chi connectivity index (χ3n) is 5.70. The Hall–Kier alpha value is -3.01. The van der Waals surface area contributed by atoms with Gasteiger partial charge in [0.05, 0.1) is 4.90 Å². The maximum atomic E-state index is 13.4. The molecule has 1 aliphatic heterocycles. The molecule has 164 valence electrons. The zero-order valence-corrected chi connectivity index (χ0v) is 19.1. The second-order valence-electron chi connectivity index (χ2n) is 7.64. The highest BCUT2D eigenvalue weighted by atomic mass is 35.5. The van der Waals surface area contributed by atoms with Crippen LogP contribution in [0.4, 0.5) is 0 Å². The monoisotopic (exact) mass is 469 g/mol. The second-order valence-corrected chi connectivity index (χ2v) is 9.95. The fraction of sp³-hybridized carbons (Fsp3) is 0.227. The Morgan fingerprint density at radius 2 is 1.88 bits per heavy atom. The lowest BCUT2D eigenvalue weighted by molar-refractivity contribution is 0.385. The van der Waals surface area contributed by atoms with Crippen molar-refractivity contribution in [2.75, 3.05) is 6.54 Å². The van der Waals surface area contributed by atoms with Crippen molar-refractivity contribution >= 4 is 21.6 Å². The van der Waals surface area contributed by atoms with E-state index in [2.05, 4.69) is 15.2 Å². The smallest absolute Gasteiger partial charge is 0.279 e. The van der Waals surface area contributed by atoms with Crippen LogP contribution in [0.5, 0.6) is 0 Å². The van der Waals surface area contributed by atoms with Gasteiger partial charge in [-0.3, -0.25) is 4.68 Å². The largest absolute Gasteiger partial charge is 0.332 e. The van der Waals surface area contributed by atoms with E-state index >= 15 is 0 Å². The summed E-state index contributed by atoms with van der Waals surface area (Å²) in [5, 5.41) is 9.07. The van der Waals surface area contributed by atoms with Gasteiger partial charge in [-0.2, -0.15) is 14.4 Å². The molecular weight excluding hydrogens is 450 g/mol. The third kappa shape index (κ3) is 3.42. The Bertz CT molecular complexity index is 1410. The molecule has 0 bridgehead atoms. The van der Waals surface area contributed by atoms with Crippen LogP contribution in [-0.2, 0) is 30.0 Å². The molecule has 2 aromatic carbocycles. The number of hydrogen-bond acceptors (Lipinski definition) is 6. The van der Waals surface area contributed by atoms with Gasteiger partial charge in [0.2, 0.25) is 15.8 Å². The molecule has 0 aliphatic carbocycles. The summed E-state index contributed by atoms with van der Waals surface area (Å²) in [4.78, 5) is 4.72. The first-order valence-electron chi connectivity index (χ1n) is 10.1. The van der Waals surface area contributed by atoms with Crippen molar-refractivity contribution in [2.24, 2.45) is 7.05 Å². The molecule has 0 fully saturated rings. The number of fused-ring (bicyclic) bond motifs is 1. The molecule has 0 N–H and O–H groups in total. The highest BCUT2D eigenvalue weighted by molar-refractivity contribution is 7.89. The molecule has 4 aromatic rings. The minimum absolute atomic E-state index is 0.163. The molecule has 10 heteroatoms. The van der Waals surface area contributed by atoms with Crippen molar-refractivity contribution < 1.29 is 12.9 Å². The van der Waals surface area contributed by atoms with Gasteiger partial charge in [0.15, 0.2) is 5.69 Å². The lowest BCUT2D eigenvalue weighted by Crippen LogP contribution is -2.36. The van der Waals surface area contributed by atoms with E-state index in [1.54, 1.807) is 29.8 Å². The van der Waals surface area contributed by atoms with Gasteiger partial charge in [-0.25, -0.2) is 8.42 Å². The van der Waals surface area contributed by atoms with Crippen LogP contribution in [0.25, 0.3) is 23.0 Å². The molecular formula is C22H20ClN5O3S. The number of nitrogens with zero attached hydrogens (tertiary/aromatic N) is 5. The van der Waals surface area contributed by atoms with E-state index in [0.717, 1.165) is 16.8 Å². The molecule has 0 unspecified atom stereocenters. The van der Waals surface area contributed by atoms with E-state index in [4.69, 9.17) is 16.1 Å². The van der Waals surface area contributed by atoms with Crippen LogP contribution < -0.4 is 0 Å². The molecule has 1 aliphatic rings. The van der Waals surface area contributed by atoms with Gasteiger partial charge in [-0.1, -0.05) is 53.2 Å². The summed E-state index contributed by atoms with van der Waals surface area (Å²) in [5.74, 6) is 0.716. The molecule has 3 heterocycles. The standard InChI is InChI=1S/C22H20ClN5O3S/c1-14-17(23)9-6-10-19(14)32(29,30)28-12-11-18-16(13-28)20(25-27(18)2)22-24-21(26-31-22)15-7-4-3-5-8-15/h3-10H,11-13H2,1-2H3. The molecule has 0 radical (unpaired) electrons. The zero-order valence-electron chi connectivity index (χ0n) is 17.5. The Balaban J connectivity index is 1.52. The molecule has 5 rings (SSSR count). The van der Waals surface area contributed by atoms with Gasteiger partial charge >= 0.3 is 0 Å². The Kier molecular flexibility index (Phi) is 5.11. The average molecular weight is 470 g/mol. The van der Waals surface area contributed by atoms with Crippen molar-refractivity contribution in [2.45, 2.75) is 24.8 Å². The molecule has 8 nitrogen and oxygen atoms in total. The summed E-state index contributed by atoms with van der Waals surface area (Å²) in [6, 6.07) is 14.4. The van der Waals surface area contributed by atoms with Crippen molar-refractivity contribution in [1.82, 2.24) is 24.2 Å². The number of halogens is 1. The van der Waals surface area contributed by atoms with Gasteiger partial charge in [0, 0.05) is 48.4 Å². The van der Waals surface area contributed by atoms with Gasteiger partial charge in [0.25, 0.3) is 5.89 Å². The van der Waals surface area contributed by atoms with Crippen molar-refractivity contribution in [1.29, 1.82) is 0 Å². The van der Waals surface area contributed by atoms with Crippen LogP contribution in [0.3, 0.4) is 0 Å². The molecule has 0 atom stereocenters. The first-order chi connectivity index (χ1) is 15.4. The normalized spacial score (nSPS) is 14.5. The van der Waals surface area contributed by atoms with E-state index in [0.29, 0.717) is 35.1 Å². The van der Waals surface area contributed by atoms with Crippen LogP contribution in [0.15, 0.2) is 57.9 Å². The van der Waals surface area contributed by atoms with E-state index < -0.39 is 10.0 Å². The van der Waals surface area contributed by atoms with Crippen LogP contribution >= 0.6 is 11.6 Å². The number of sulfonamides is 1. The van der Waals surface area contributed by atoms with E-state index in [1.807, 2.05) is 37.4 Å². The minimum Gasteiger partial charge on any atom is -0.332 e. The van der Waals surface area contributed by atoms with E-state index in [-0.39, 0.29) is 17.3 Å². The summed E-state index contributed by atoms with van der Waals surface area (Å²) in [7, 11) is -1.90. The Morgan fingerprint density at radius 3 is 2.66 bits per heavy atom. The van der Waals surface area contributed by atoms with Crippen molar-refractivity contribution in [3.63, 3.8) is 0 Å². The van der Waals surface area contributed by atoms with Crippen LogP contribution in [0.2, 0.25) is 5.02 Å². The highest BCUT2D eigenvalue weighted by Gasteiger charge is 2.34. The Labute approximate surface area is 190 Å². The van der Waals surface area contributed by atoms with Crippen LogP contribution in [0.1, 0.15) is 16.8 Å². The molecule has 32 heavy (non-hydrogen) atoms. The quantitative estimate of drug-likeness (QED) is 0.450. The average Bonchev–Trinajstić information content (AvgIpc) is 3.41. The summed E-state index contributed by atoms with van der Waals surface area (Å²) < 4.78 is 35.5. The lowest BCUT2D eigenvalue weighted by atomic mass is 10.1. The number of hydrogen-bond donors (Lipinski definition) is 0. The maximum absolute atomic E-state index is 13.4. The van der Waals surface area contributed by atoms with E-state index in [9.17, 15) is 8.42 Å².